The second kappa shape index (κ2) is 7.52. The standard InChI is InChI=1S/C19H19BrN6O3S/c1-9-4-5-10-11(7-21)15(30-12(10)6-9)22-13(27)8-26-16-14(23-18(26)20)17(28)25(3)19(29)24(16)2/h9H,4-6,8H2,1-3H3,(H,22,27). The fourth-order valence-corrected chi connectivity index (χ4v) is 5.72. The molecule has 3 aromatic rings. The molecule has 1 atom stereocenters. The topological polar surface area (TPSA) is 115 Å². The van der Waals surface area contributed by atoms with Gasteiger partial charge in [0.2, 0.25) is 5.91 Å². The molecule has 0 aliphatic heterocycles. The van der Waals surface area contributed by atoms with E-state index >= 15 is 0 Å². The van der Waals surface area contributed by atoms with Crippen LogP contribution in [0.1, 0.15) is 29.3 Å². The van der Waals surface area contributed by atoms with Crippen molar-refractivity contribution in [1.29, 1.82) is 5.26 Å². The summed E-state index contributed by atoms with van der Waals surface area (Å²) in [4.78, 5) is 42.8. The van der Waals surface area contributed by atoms with E-state index in [0.717, 1.165) is 34.3 Å². The van der Waals surface area contributed by atoms with Crippen LogP contribution >= 0.6 is 27.3 Å². The summed E-state index contributed by atoms with van der Waals surface area (Å²) in [7, 11) is 2.90. The highest BCUT2D eigenvalue weighted by Crippen LogP contribution is 2.39. The van der Waals surface area contributed by atoms with Gasteiger partial charge in [0.1, 0.15) is 17.6 Å². The maximum absolute atomic E-state index is 12.8. The Morgan fingerprint density at radius 1 is 1.37 bits per heavy atom. The van der Waals surface area contributed by atoms with Gasteiger partial charge < -0.3 is 5.32 Å². The molecule has 1 N–H and O–H groups in total. The summed E-state index contributed by atoms with van der Waals surface area (Å²) in [5.74, 6) is 0.190. The first kappa shape index (κ1) is 20.6. The maximum atomic E-state index is 12.8. The van der Waals surface area contributed by atoms with Crippen molar-refractivity contribution in [3.8, 4) is 6.07 Å². The van der Waals surface area contributed by atoms with Gasteiger partial charge in [-0.15, -0.1) is 11.3 Å². The van der Waals surface area contributed by atoms with Crippen LogP contribution in [0.3, 0.4) is 0 Å². The number of hydrogen-bond acceptors (Lipinski definition) is 6. The number of halogens is 1. The first-order valence-electron chi connectivity index (χ1n) is 9.39. The lowest BCUT2D eigenvalue weighted by molar-refractivity contribution is -0.116. The van der Waals surface area contributed by atoms with Crippen molar-refractivity contribution in [2.24, 2.45) is 20.0 Å². The van der Waals surface area contributed by atoms with Crippen molar-refractivity contribution < 1.29 is 4.79 Å². The first-order chi connectivity index (χ1) is 14.2. The van der Waals surface area contributed by atoms with E-state index in [1.54, 1.807) is 0 Å². The van der Waals surface area contributed by atoms with Gasteiger partial charge in [-0.2, -0.15) is 5.26 Å². The Kier molecular flexibility index (Phi) is 5.15. The predicted molar refractivity (Wildman–Crippen MR) is 117 cm³/mol. The molecule has 156 valence electrons. The average molecular weight is 491 g/mol. The number of nitriles is 1. The summed E-state index contributed by atoms with van der Waals surface area (Å²) in [5.41, 5.74) is 0.887. The molecule has 0 saturated heterocycles. The molecule has 1 aliphatic rings. The van der Waals surface area contributed by atoms with Gasteiger partial charge in [-0.05, 0) is 46.7 Å². The van der Waals surface area contributed by atoms with Gasteiger partial charge in [0.05, 0.1) is 5.56 Å². The average Bonchev–Trinajstić information content (AvgIpc) is 3.21. The molecular weight excluding hydrogens is 472 g/mol. The number of imidazole rings is 1. The van der Waals surface area contributed by atoms with E-state index in [9.17, 15) is 19.6 Å². The number of thiophene rings is 1. The minimum absolute atomic E-state index is 0.0950. The number of carbonyl (C=O) groups is 1. The number of nitrogens with zero attached hydrogens (tertiary/aromatic N) is 5. The van der Waals surface area contributed by atoms with Gasteiger partial charge in [-0.1, -0.05) is 6.92 Å². The molecule has 30 heavy (non-hydrogen) atoms. The van der Waals surface area contributed by atoms with Crippen LogP contribution in [-0.4, -0.2) is 24.6 Å². The second-order valence-electron chi connectivity index (χ2n) is 7.56. The van der Waals surface area contributed by atoms with Crippen molar-refractivity contribution in [3.63, 3.8) is 0 Å². The summed E-state index contributed by atoms with van der Waals surface area (Å²) < 4.78 is 4.00. The zero-order chi connectivity index (χ0) is 21.7. The van der Waals surface area contributed by atoms with Crippen LogP contribution in [0.15, 0.2) is 14.3 Å². The summed E-state index contributed by atoms with van der Waals surface area (Å²) in [6.07, 6.45) is 2.78. The summed E-state index contributed by atoms with van der Waals surface area (Å²) in [6.45, 7) is 2.02. The van der Waals surface area contributed by atoms with Crippen molar-refractivity contribution in [2.75, 3.05) is 5.32 Å². The number of amides is 1. The largest absolute Gasteiger partial charge is 0.332 e. The number of nitrogens with one attached hydrogen (secondary N) is 1. The zero-order valence-corrected chi connectivity index (χ0v) is 19.1. The number of aryl methyl sites for hydroxylation is 1. The van der Waals surface area contributed by atoms with E-state index in [1.165, 1.54) is 34.6 Å². The van der Waals surface area contributed by atoms with Crippen molar-refractivity contribution in [1.82, 2.24) is 18.7 Å². The third-order valence-electron chi connectivity index (χ3n) is 5.47. The molecular formula is C19H19BrN6O3S. The Morgan fingerprint density at radius 2 is 2.10 bits per heavy atom. The summed E-state index contributed by atoms with van der Waals surface area (Å²) >= 11 is 4.73. The predicted octanol–water partition coefficient (Wildman–Crippen LogP) is 1.89. The Labute approximate surface area is 183 Å². The van der Waals surface area contributed by atoms with Gasteiger partial charge in [0.15, 0.2) is 15.9 Å². The number of anilines is 1. The molecule has 11 heteroatoms. The second-order valence-corrected chi connectivity index (χ2v) is 9.38. The van der Waals surface area contributed by atoms with Crippen molar-refractivity contribution >= 4 is 49.3 Å². The van der Waals surface area contributed by atoms with E-state index in [-0.39, 0.29) is 28.3 Å². The molecule has 0 fully saturated rings. The minimum atomic E-state index is -0.528. The van der Waals surface area contributed by atoms with E-state index < -0.39 is 11.2 Å². The van der Waals surface area contributed by atoms with Gasteiger partial charge in [-0.25, -0.2) is 9.78 Å². The number of hydrogen-bond donors (Lipinski definition) is 1. The molecule has 4 rings (SSSR count). The van der Waals surface area contributed by atoms with Gasteiger partial charge >= 0.3 is 5.69 Å². The van der Waals surface area contributed by atoms with Crippen LogP contribution in [0, 0.1) is 17.2 Å². The molecule has 0 spiro atoms. The molecule has 9 nitrogen and oxygen atoms in total. The Hall–Kier alpha value is -2.71. The Morgan fingerprint density at radius 3 is 2.80 bits per heavy atom. The van der Waals surface area contributed by atoms with Crippen LogP contribution in [-0.2, 0) is 38.3 Å². The van der Waals surface area contributed by atoms with Crippen molar-refractivity contribution in [2.45, 2.75) is 32.7 Å². The van der Waals surface area contributed by atoms with Crippen LogP contribution in [0.5, 0.6) is 0 Å². The number of aromatic nitrogens is 4. The Bertz CT molecular complexity index is 1360. The van der Waals surface area contributed by atoms with E-state index in [2.05, 4.69) is 39.2 Å². The molecule has 1 amide bonds. The van der Waals surface area contributed by atoms with Crippen molar-refractivity contribution in [3.05, 3.63) is 41.6 Å². The highest BCUT2D eigenvalue weighted by atomic mass is 79.9. The molecule has 0 radical (unpaired) electrons. The lowest BCUT2D eigenvalue weighted by Crippen LogP contribution is -2.37. The summed E-state index contributed by atoms with van der Waals surface area (Å²) in [5, 5.41) is 13.0. The molecule has 1 unspecified atom stereocenters. The van der Waals surface area contributed by atoms with Gasteiger partial charge in [0.25, 0.3) is 5.56 Å². The minimum Gasteiger partial charge on any atom is -0.315 e. The molecule has 0 aromatic carbocycles. The monoisotopic (exact) mass is 490 g/mol. The smallest absolute Gasteiger partial charge is 0.315 e. The summed E-state index contributed by atoms with van der Waals surface area (Å²) in [6, 6.07) is 2.23. The lowest BCUT2D eigenvalue weighted by Gasteiger charge is -2.17. The maximum Gasteiger partial charge on any atom is 0.332 e. The van der Waals surface area contributed by atoms with Crippen LogP contribution in [0.25, 0.3) is 11.2 Å². The fraction of sp³-hybridized carbons (Fsp3) is 0.421. The van der Waals surface area contributed by atoms with Gasteiger partial charge in [0, 0.05) is 19.0 Å². The van der Waals surface area contributed by atoms with Crippen LogP contribution < -0.4 is 16.6 Å². The third kappa shape index (κ3) is 3.20. The highest BCUT2D eigenvalue weighted by Gasteiger charge is 2.25. The molecule has 0 bridgehead atoms. The zero-order valence-electron chi connectivity index (χ0n) is 16.7. The van der Waals surface area contributed by atoms with E-state index in [0.29, 0.717) is 16.5 Å². The number of rotatable bonds is 3. The quantitative estimate of drug-likeness (QED) is 0.562. The fourth-order valence-electron chi connectivity index (χ4n) is 3.87. The first-order valence-corrected chi connectivity index (χ1v) is 11.0. The number of carbonyl (C=O) groups excluding carboxylic acids is 1. The normalized spacial score (nSPS) is 15.8. The molecule has 3 aromatic heterocycles. The van der Waals surface area contributed by atoms with Crippen LogP contribution in [0.2, 0.25) is 0 Å². The van der Waals surface area contributed by atoms with E-state index in [1.807, 2.05) is 0 Å². The van der Waals surface area contributed by atoms with E-state index in [4.69, 9.17) is 0 Å². The Balaban J connectivity index is 1.69. The molecule has 0 saturated carbocycles. The SMILES string of the molecule is CC1CCc2c(sc(NC(=O)Cn3c(Br)nc4c(=O)n(C)c(=O)n(C)c43)c2C#N)C1. The van der Waals surface area contributed by atoms with Gasteiger partial charge in [-0.3, -0.25) is 23.3 Å². The lowest BCUT2D eigenvalue weighted by atomic mass is 9.89. The molecule has 1 aliphatic carbocycles. The molecule has 3 heterocycles. The third-order valence-corrected chi connectivity index (χ3v) is 7.25. The highest BCUT2D eigenvalue weighted by molar-refractivity contribution is 9.10. The van der Waals surface area contributed by atoms with Crippen LogP contribution in [0.4, 0.5) is 5.00 Å². The number of fused-ring (bicyclic) bond motifs is 2.